The van der Waals surface area contributed by atoms with Crippen LogP contribution in [0.3, 0.4) is 0 Å². The predicted molar refractivity (Wildman–Crippen MR) is 84.7 cm³/mol. The Hall–Kier alpha value is -1.22. The summed E-state index contributed by atoms with van der Waals surface area (Å²) in [4.78, 5) is 13.3. The first-order valence-corrected chi connectivity index (χ1v) is 7.89. The zero-order valence-corrected chi connectivity index (χ0v) is 12.3. The summed E-state index contributed by atoms with van der Waals surface area (Å²) in [5, 5.41) is 0.173. The molecule has 1 aromatic rings. The topological polar surface area (TPSA) is 20.3 Å². The van der Waals surface area contributed by atoms with E-state index >= 15 is 0 Å². The van der Waals surface area contributed by atoms with Crippen LogP contribution in [0.4, 0.5) is 5.69 Å². The van der Waals surface area contributed by atoms with Crippen molar-refractivity contribution in [1.29, 1.82) is 0 Å². The second-order valence-corrected chi connectivity index (χ2v) is 6.04. The normalized spacial score (nSPS) is 15.9. The number of thioether (sulfide) groups is 1. The van der Waals surface area contributed by atoms with E-state index in [9.17, 15) is 4.79 Å². The van der Waals surface area contributed by atoms with Crippen LogP contribution in [0.2, 0.25) is 0 Å². The molecule has 0 amide bonds. The summed E-state index contributed by atoms with van der Waals surface area (Å²) in [6.45, 7) is 3.95. The molecule has 1 aliphatic rings. The van der Waals surface area contributed by atoms with Crippen molar-refractivity contribution >= 4 is 28.6 Å². The molecule has 0 spiro atoms. The Labute approximate surface area is 119 Å². The molecule has 19 heavy (non-hydrogen) atoms. The van der Waals surface area contributed by atoms with E-state index in [1.54, 1.807) is 6.92 Å². The number of carbonyl (C=O) groups excluding carboxylic acids is 1. The van der Waals surface area contributed by atoms with Gasteiger partial charge in [0.05, 0.1) is 0 Å². The van der Waals surface area contributed by atoms with Crippen molar-refractivity contribution in [3.8, 4) is 0 Å². The van der Waals surface area contributed by atoms with Gasteiger partial charge in [0.1, 0.15) is 0 Å². The van der Waals surface area contributed by atoms with E-state index < -0.39 is 0 Å². The van der Waals surface area contributed by atoms with Gasteiger partial charge in [0.15, 0.2) is 5.12 Å². The SMILES string of the molecule is CC(=O)SCC=Cc1cccc(N2CCCCC2)c1. The maximum atomic E-state index is 10.8. The van der Waals surface area contributed by atoms with E-state index in [4.69, 9.17) is 0 Å². The molecule has 1 aromatic carbocycles. The standard InChI is InChI=1S/C16H21NOS/c1-14(18)19-12-6-8-15-7-5-9-16(13-15)17-10-3-2-4-11-17/h5-9,13H,2-4,10-12H2,1H3. The molecule has 2 nitrogen and oxygen atoms in total. The highest BCUT2D eigenvalue weighted by Crippen LogP contribution is 2.21. The number of piperidine rings is 1. The van der Waals surface area contributed by atoms with Crippen molar-refractivity contribution in [2.75, 3.05) is 23.7 Å². The van der Waals surface area contributed by atoms with Gasteiger partial charge in [-0.15, -0.1) is 0 Å². The largest absolute Gasteiger partial charge is 0.372 e. The zero-order chi connectivity index (χ0) is 13.5. The third kappa shape index (κ3) is 4.75. The van der Waals surface area contributed by atoms with Crippen LogP contribution in [0.15, 0.2) is 30.3 Å². The van der Waals surface area contributed by atoms with Gasteiger partial charge in [0.2, 0.25) is 0 Å². The maximum Gasteiger partial charge on any atom is 0.186 e. The Morgan fingerprint density at radius 1 is 1.32 bits per heavy atom. The van der Waals surface area contributed by atoms with Gasteiger partial charge in [0.25, 0.3) is 0 Å². The minimum absolute atomic E-state index is 0.173. The first-order valence-electron chi connectivity index (χ1n) is 6.90. The first-order chi connectivity index (χ1) is 9.25. The molecule has 0 N–H and O–H groups in total. The lowest BCUT2D eigenvalue weighted by molar-refractivity contribution is -0.109. The zero-order valence-electron chi connectivity index (χ0n) is 11.5. The van der Waals surface area contributed by atoms with Crippen LogP contribution in [-0.4, -0.2) is 24.0 Å². The fourth-order valence-corrected chi connectivity index (χ4v) is 2.75. The second-order valence-electron chi connectivity index (χ2n) is 4.85. The minimum atomic E-state index is 0.173. The third-order valence-electron chi connectivity index (χ3n) is 3.28. The molecular weight excluding hydrogens is 254 g/mol. The highest BCUT2D eigenvalue weighted by Gasteiger charge is 2.10. The summed E-state index contributed by atoms with van der Waals surface area (Å²) >= 11 is 1.35. The molecule has 102 valence electrons. The highest BCUT2D eigenvalue weighted by atomic mass is 32.2. The Kier molecular flexibility index (Phi) is 5.52. The molecule has 0 radical (unpaired) electrons. The van der Waals surface area contributed by atoms with E-state index in [1.165, 1.54) is 55.4 Å². The molecule has 0 unspecified atom stereocenters. The van der Waals surface area contributed by atoms with Crippen LogP contribution in [0.25, 0.3) is 6.08 Å². The van der Waals surface area contributed by atoms with Crippen molar-refractivity contribution in [2.45, 2.75) is 26.2 Å². The molecule has 3 heteroatoms. The van der Waals surface area contributed by atoms with E-state index in [0.717, 1.165) is 5.75 Å². The quantitative estimate of drug-likeness (QED) is 0.829. The molecule has 1 fully saturated rings. The lowest BCUT2D eigenvalue weighted by Crippen LogP contribution is -2.29. The van der Waals surface area contributed by atoms with Crippen molar-refractivity contribution in [3.05, 3.63) is 35.9 Å². The van der Waals surface area contributed by atoms with Crippen molar-refractivity contribution < 1.29 is 4.79 Å². The van der Waals surface area contributed by atoms with Gasteiger partial charge in [-0.05, 0) is 37.0 Å². The maximum absolute atomic E-state index is 10.8. The fourth-order valence-electron chi connectivity index (χ4n) is 2.33. The molecule has 1 heterocycles. The molecule has 0 saturated carbocycles. The summed E-state index contributed by atoms with van der Waals surface area (Å²) in [5.41, 5.74) is 2.54. The Morgan fingerprint density at radius 3 is 2.84 bits per heavy atom. The number of benzene rings is 1. The number of rotatable bonds is 4. The molecule has 0 atom stereocenters. The van der Waals surface area contributed by atoms with Crippen molar-refractivity contribution in [3.63, 3.8) is 0 Å². The number of hydrogen-bond acceptors (Lipinski definition) is 3. The molecule has 0 aliphatic carbocycles. The smallest absolute Gasteiger partial charge is 0.186 e. The van der Waals surface area contributed by atoms with Crippen LogP contribution < -0.4 is 4.90 Å². The first kappa shape index (κ1) is 14.2. The molecule has 0 bridgehead atoms. The van der Waals surface area contributed by atoms with Gasteiger partial charge >= 0.3 is 0 Å². The van der Waals surface area contributed by atoms with Crippen LogP contribution in [0.1, 0.15) is 31.7 Å². The van der Waals surface area contributed by atoms with Crippen molar-refractivity contribution in [2.24, 2.45) is 0 Å². The van der Waals surface area contributed by atoms with E-state index in [0.29, 0.717) is 0 Å². The number of anilines is 1. The van der Waals surface area contributed by atoms with Gasteiger partial charge in [-0.2, -0.15) is 0 Å². The highest BCUT2D eigenvalue weighted by molar-refractivity contribution is 8.13. The van der Waals surface area contributed by atoms with E-state index in [2.05, 4.69) is 41.3 Å². The molecule has 1 saturated heterocycles. The monoisotopic (exact) mass is 275 g/mol. The Balaban J connectivity index is 1.96. The number of nitrogens with zero attached hydrogens (tertiary/aromatic N) is 1. The average molecular weight is 275 g/mol. The average Bonchev–Trinajstić information content (AvgIpc) is 2.45. The van der Waals surface area contributed by atoms with Crippen LogP contribution in [-0.2, 0) is 4.79 Å². The van der Waals surface area contributed by atoms with Gasteiger partial charge in [-0.1, -0.05) is 36.0 Å². The minimum Gasteiger partial charge on any atom is -0.372 e. The van der Waals surface area contributed by atoms with E-state index in [-0.39, 0.29) is 5.12 Å². The third-order valence-corrected chi connectivity index (χ3v) is 4.05. The summed E-state index contributed by atoms with van der Waals surface area (Å²) in [7, 11) is 0. The molecular formula is C16H21NOS. The molecule has 2 rings (SSSR count). The van der Waals surface area contributed by atoms with Gasteiger partial charge < -0.3 is 4.90 Å². The number of carbonyl (C=O) groups is 1. The van der Waals surface area contributed by atoms with Crippen LogP contribution in [0, 0.1) is 0 Å². The Bertz CT molecular complexity index is 450. The number of hydrogen-bond donors (Lipinski definition) is 0. The van der Waals surface area contributed by atoms with Gasteiger partial charge in [-0.3, -0.25) is 4.79 Å². The van der Waals surface area contributed by atoms with Crippen molar-refractivity contribution in [1.82, 2.24) is 0 Å². The lowest BCUT2D eigenvalue weighted by atomic mass is 10.1. The van der Waals surface area contributed by atoms with Crippen LogP contribution in [0.5, 0.6) is 0 Å². The lowest BCUT2D eigenvalue weighted by Gasteiger charge is -2.29. The van der Waals surface area contributed by atoms with Gasteiger partial charge in [-0.25, -0.2) is 0 Å². The summed E-state index contributed by atoms with van der Waals surface area (Å²) in [6, 6.07) is 8.65. The predicted octanol–water partition coefficient (Wildman–Crippen LogP) is 3.97. The molecule has 0 aromatic heterocycles. The second kappa shape index (κ2) is 7.39. The van der Waals surface area contributed by atoms with Crippen LogP contribution >= 0.6 is 11.8 Å². The van der Waals surface area contributed by atoms with E-state index in [1.807, 2.05) is 0 Å². The summed E-state index contributed by atoms with van der Waals surface area (Å²) in [6.07, 6.45) is 8.12. The van der Waals surface area contributed by atoms with Gasteiger partial charge in [0, 0.05) is 31.5 Å². The molecule has 1 aliphatic heterocycles. The fraction of sp³-hybridized carbons (Fsp3) is 0.438. The summed E-state index contributed by atoms with van der Waals surface area (Å²) in [5.74, 6) is 0.753. The summed E-state index contributed by atoms with van der Waals surface area (Å²) < 4.78 is 0. The Morgan fingerprint density at radius 2 is 2.11 bits per heavy atom.